The molecule has 0 saturated heterocycles. The SMILES string of the molecule is Cc1cc(C)c2sc(N(Cc3ccccc3)C(=O)c3ccc(S(=O)(=O)N(CCC#N)CCC#N)cc3)nc2c1. The number of nitrogens with zero attached hydrogens (tertiary/aromatic N) is 5. The fraction of sp³-hybridized carbons (Fsp3) is 0.241. The second kappa shape index (κ2) is 12.2. The zero-order valence-corrected chi connectivity index (χ0v) is 23.3. The van der Waals surface area contributed by atoms with Crippen LogP contribution < -0.4 is 4.90 Å². The van der Waals surface area contributed by atoms with Gasteiger partial charge < -0.3 is 0 Å². The van der Waals surface area contributed by atoms with E-state index < -0.39 is 10.0 Å². The first kappa shape index (κ1) is 27.9. The van der Waals surface area contributed by atoms with Crippen LogP contribution in [-0.2, 0) is 16.6 Å². The standard InChI is InChI=1S/C29H27N5O3S2/c1-21-18-22(2)27-26(19-21)32-29(38-27)34(20-23-8-4-3-5-9-23)28(35)24-10-12-25(13-11-24)39(36,37)33(16-6-14-30)17-7-15-31/h3-5,8-13,18-19H,6-7,16-17,20H2,1-2H3. The molecule has 1 amide bonds. The third kappa shape index (κ3) is 6.32. The molecule has 0 unspecified atom stereocenters. The van der Waals surface area contributed by atoms with Gasteiger partial charge in [-0.05, 0) is 60.9 Å². The maximum atomic E-state index is 13.8. The van der Waals surface area contributed by atoms with Crippen LogP contribution in [0.4, 0.5) is 5.13 Å². The van der Waals surface area contributed by atoms with Gasteiger partial charge in [0, 0.05) is 31.5 Å². The van der Waals surface area contributed by atoms with E-state index >= 15 is 0 Å². The number of nitriles is 2. The Bertz CT molecular complexity index is 1650. The van der Waals surface area contributed by atoms with Gasteiger partial charge in [-0.1, -0.05) is 47.7 Å². The Morgan fingerprint density at radius 3 is 2.21 bits per heavy atom. The van der Waals surface area contributed by atoms with Crippen molar-refractivity contribution < 1.29 is 13.2 Å². The second-order valence-corrected chi connectivity index (χ2v) is 12.0. The van der Waals surface area contributed by atoms with Crippen LogP contribution in [0.25, 0.3) is 10.2 Å². The van der Waals surface area contributed by atoms with Gasteiger partial charge in [-0.15, -0.1) is 0 Å². The number of rotatable bonds is 10. The van der Waals surface area contributed by atoms with Crippen LogP contribution in [0.2, 0.25) is 0 Å². The van der Waals surface area contributed by atoms with E-state index in [9.17, 15) is 13.2 Å². The average Bonchev–Trinajstić information content (AvgIpc) is 3.36. The molecule has 0 aliphatic heterocycles. The molecule has 198 valence electrons. The maximum Gasteiger partial charge on any atom is 0.260 e. The number of aromatic nitrogens is 1. The van der Waals surface area contributed by atoms with Crippen LogP contribution in [-0.4, -0.2) is 36.7 Å². The second-order valence-electron chi connectivity index (χ2n) is 9.05. The molecule has 0 fully saturated rings. The fourth-order valence-corrected chi connectivity index (χ4v) is 6.70. The van der Waals surface area contributed by atoms with Gasteiger partial charge in [0.2, 0.25) is 10.0 Å². The molecule has 0 saturated carbocycles. The van der Waals surface area contributed by atoms with Crippen LogP contribution in [0.1, 0.15) is 39.9 Å². The minimum absolute atomic E-state index is 0.00405. The summed E-state index contributed by atoms with van der Waals surface area (Å²) in [7, 11) is -3.94. The first-order chi connectivity index (χ1) is 18.7. The summed E-state index contributed by atoms with van der Waals surface area (Å²) in [5, 5.41) is 18.4. The Hall–Kier alpha value is -4.09. The smallest absolute Gasteiger partial charge is 0.260 e. The summed E-state index contributed by atoms with van der Waals surface area (Å²) in [6.45, 7) is 4.31. The Balaban J connectivity index is 1.68. The first-order valence-corrected chi connectivity index (χ1v) is 14.6. The predicted octanol–water partition coefficient (Wildman–Crippen LogP) is 5.58. The van der Waals surface area contributed by atoms with Gasteiger partial charge in [-0.25, -0.2) is 13.4 Å². The number of hydrogen-bond donors (Lipinski definition) is 0. The highest BCUT2D eigenvalue weighted by Crippen LogP contribution is 2.33. The lowest BCUT2D eigenvalue weighted by Crippen LogP contribution is -2.33. The first-order valence-electron chi connectivity index (χ1n) is 12.3. The number of amides is 1. The fourth-order valence-electron chi connectivity index (χ4n) is 4.25. The summed E-state index contributed by atoms with van der Waals surface area (Å²) in [6.07, 6.45) is 0.0215. The van der Waals surface area contributed by atoms with Gasteiger partial charge in [0.25, 0.3) is 5.91 Å². The molecule has 1 aromatic heterocycles. The van der Waals surface area contributed by atoms with Gasteiger partial charge in [-0.3, -0.25) is 9.69 Å². The number of thiazole rings is 1. The molecule has 39 heavy (non-hydrogen) atoms. The highest BCUT2D eigenvalue weighted by Gasteiger charge is 2.26. The van der Waals surface area contributed by atoms with Gasteiger partial charge in [-0.2, -0.15) is 14.8 Å². The third-order valence-electron chi connectivity index (χ3n) is 6.15. The Morgan fingerprint density at radius 2 is 1.59 bits per heavy atom. The lowest BCUT2D eigenvalue weighted by atomic mass is 10.1. The van der Waals surface area contributed by atoms with E-state index in [0.717, 1.165) is 31.2 Å². The van der Waals surface area contributed by atoms with Crippen molar-refractivity contribution in [2.45, 2.75) is 38.1 Å². The molecular weight excluding hydrogens is 530 g/mol. The number of sulfonamides is 1. The molecule has 1 heterocycles. The molecule has 4 rings (SSSR count). The summed E-state index contributed by atoms with van der Waals surface area (Å²) in [5.74, 6) is -0.304. The van der Waals surface area contributed by atoms with Crippen LogP contribution in [0.3, 0.4) is 0 Å². The molecule has 0 spiro atoms. The van der Waals surface area contributed by atoms with Crippen molar-refractivity contribution in [2.24, 2.45) is 0 Å². The van der Waals surface area contributed by atoms with E-state index in [1.165, 1.54) is 35.6 Å². The van der Waals surface area contributed by atoms with Crippen molar-refractivity contribution in [1.29, 1.82) is 10.5 Å². The number of fused-ring (bicyclic) bond motifs is 1. The van der Waals surface area contributed by atoms with E-state index in [4.69, 9.17) is 15.5 Å². The summed E-state index contributed by atoms with van der Waals surface area (Å²) in [5.41, 5.74) is 4.26. The van der Waals surface area contributed by atoms with Gasteiger partial charge in [0.05, 0.1) is 33.8 Å². The van der Waals surface area contributed by atoms with Crippen molar-refractivity contribution in [3.8, 4) is 12.1 Å². The van der Waals surface area contributed by atoms with Crippen molar-refractivity contribution in [2.75, 3.05) is 18.0 Å². The molecule has 0 N–H and O–H groups in total. The van der Waals surface area contributed by atoms with E-state index in [2.05, 4.69) is 6.07 Å². The molecule has 0 atom stereocenters. The summed E-state index contributed by atoms with van der Waals surface area (Å²) < 4.78 is 28.5. The zero-order valence-electron chi connectivity index (χ0n) is 21.7. The van der Waals surface area contributed by atoms with Gasteiger partial charge in [0.15, 0.2) is 5.13 Å². The monoisotopic (exact) mass is 557 g/mol. The predicted molar refractivity (Wildman–Crippen MR) is 152 cm³/mol. The summed E-state index contributed by atoms with van der Waals surface area (Å²) in [4.78, 5) is 20.2. The summed E-state index contributed by atoms with van der Waals surface area (Å²) >= 11 is 1.45. The number of carbonyl (C=O) groups is 1. The highest BCUT2D eigenvalue weighted by molar-refractivity contribution is 7.89. The van der Waals surface area contributed by atoms with Crippen LogP contribution >= 0.6 is 11.3 Å². The molecule has 4 aromatic rings. The maximum absolute atomic E-state index is 13.8. The summed E-state index contributed by atoms with van der Waals surface area (Å²) in [6, 6.07) is 23.3. The lowest BCUT2D eigenvalue weighted by molar-refractivity contribution is 0.0985. The van der Waals surface area contributed by atoms with E-state index in [-0.39, 0.29) is 36.7 Å². The molecule has 10 heteroatoms. The Morgan fingerprint density at radius 1 is 0.949 bits per heavy atom. The molecule has 0 aliphatic rings. The lowest BCUT2D eigenvalue weighted by Gasteiger charge is -2.21. The topological polar surface area (TPSA) is 118 Å². The Kier molecular flexibility index (Phi) is 8.72. The number of hydrogen-bond acceptors (Lipinski definition) is 7. The van der Waals surface area contributed by atoms with Crippen molar-refractivity contribution in [3.05, 3.63) is 89.0 Å². The van der Waals surface area contributed by atoms with E-state index in [0.29, 0.717) is 17.2 Å². The van der Waals surface area contributed by atoms with E-state index in [1.807, 2.05) is 62.4 Å². The number of benzene rings is 3. The Labute approximate surface area is 232 Å². The minimum Gasteiger partial charge on any atom is -0.279 e. The zero-order chi connectivity index (χ0) is 28.0. The highest BCUT2D eigenvalue weighted by atomic mass is 32.2. The molecule has 0 radical (unpaired) electrons. The molecular formula is C29H27N5O3S2. The largest absolute Gasteiger partial charge is 0.279 e. The molecule has 0 aliphatic carbocycles. The van der Waals surface area contributed by atoms with Crippen molar-refractivity contribution in [1.82, 2.24) is 9.29 Å². The average molecular weight is 558 g/mol. The number of anilines is 1. The van der Waals surface area contributed by atoms with Crippen molar-refractivity contribution in [3.63, 3.8) is 0 Å². The van der Waals surface area contributed by atoms with Crippen LogP contribution in [0.15, 0.2) is 71.6 Å². The quantitative estimate of drug-likeness (QED) is 0.251. The van der Waals surface area contributed by atoms with Gasteiger partial charge >= 0.3 is 0 Å². The third-order valence-corrected chi connectivity index (χ3v) is 9.30. The van der Waals surface area contributed by atoms with Crippen LogP contribution in [0, 0.1) is 36.5 Å². The number of aryl methyl sites for hydroxylation is 2. The van der Waals surface area contributed by atoms with Crippen molar-refractivity contribution >= 4 is 42.6 Å². The number of carbonyl (C=O) groups excluding carboxylic acids is 1. The molecule has 0 bridgehead atoms. The normalized spacial score (nSPS) is 11.3. The molecule has 8 nitrogen and oxygen atoms in total. The van der Waals surface area contributed by atoms with Crippen LogP contribution in [0.5, 0.6) is 0 Å². The van der Waals surface area contributed by atoms with Gasteiger partial charge in [0.1, 0.15) is 0 Å². The molecule has 3 aromatic carbocycles. The van der Waals surface area contributed by atoms with E-state index in [1.54, 1.807) is 4.90 Å². The minimum atomic E-state index is -3.94.